The molecule has 0 fully saturated rings. The van der Waals surface area contributed by atoms with Crippen LogP contribution < -0.4 is 10.1 Å². The zero-order valence-corrected chi connectivity index (χ0v) is 13.6. The first-order valence-electron chi connectivity index (χ1n) is 7.03. The van der Waals surface area contributed by atoms with Crippen LogP contribution in [0.25, 0.3) is 0 Å². The molecule has 0 saturated heterocycles. The summed E-state index contributed by atoms with van der Waals surface area (Å²) in [6.45, 7) is 6.02. The molecule has 1 N–H and O–H groups in total. The lowest BCUT2D eigenvalue weighted by molar-refractivity contribution is 0.458. The Hall–Kier alpha value is -1.81. The molecule has 0 atom stereocenters. The van der Waals surface area contributed by atoms with Gasteiger partial charge in [-0.05, 0) is 43.5 Å². The molecule has 1 aromatic carbocycles. The summed E-state index contributed by atoms with van der Waals surface area (Å²) < 4.78 is 5.87. The van der Waals surface area contributed by atoms with Gasteiger partial charge in [-0.25, -0.2) is 4.98 Å². The summed E-state index contributed by atoms with van der Waals surface area (Å²) >= 11 is 6.18. The second kappa shape index (κ2) is 6.76. The molecule has 0 unspecified atom stereocenters. The Morgan fingerprint density at radius 3 is 2.38 bits per heavy atom. The fraction of sp³-hybridized carbons (Fsp3) is 0.375. The molecule has 4 nitrogen and oxygen atoms in total. The van der Waals surface area contributed by atoms with E-state index in [4.69, 9.17) is 16.3 Å². The van der Waals surface area contributed by atoms with Gasteiger partial charge in [-0.1, -0.05) is 18.5 Å². The topological polar surface area (TPSA) is 47.0 Å². The first-order chi connectivity index (χ1) is 10.0. The molecule has 0 spiro atoms. The number of aromatic nitrogens is 2. The smallest absolute Gasteiger partial charge is 0.224 e. The average Bonchev–Trinajstić information content (AvgIpc) is 2.44. The van der Waals surface area contributed by atoms with E-state index in [1.807, 2.05) is 33.0 Å². The third-order valence-corrected chi connectivity index (χ3v) is 3.71. The second-order valence-corrected chi connectivity index (χ2v) is 5.36. The Morgan fingerprint density at radius 1 is 1.14 bits per heavy atom. The van der Waals surface area contributed by atoms with Crippen molar-refractivity contribution in [2.24, 2.45) is 0 Å². The number of ether oxygens (including phenoxy) is 1. The minimum absolute atomic E-state index is 0.541. The number of rotatable bonds is 5. The summed E-state index contributed by atoms with van der Waals surface area (Å²) in [5.74, 6) is 2.81. The third-order valence-electron chi connectivity index (χ3n) is 3.11. The fourth-order valence-corrected chi connectivity index (χ4v) is 2.18. The first kappa shape index (κ1) is 15.6. The highest BCUT2D eigenvalue weighted by molar-refractivity contribution is 6.32. The maximum Gasteiger partial charge on any atom is 0.224 e. The normalized spacial score (nSPS) is 10.5. The third kappa shape index (κ3) is 3.85. The molecule has 1 heterocycles. The standard InChI is InChI=1S/C16H20ClN3O/c1-5-6-13-19-14(18-4)9-15(20-13)21-12-7-10(2)16(17)11(3)8-12/h7-9H,5-6H2,1-4H3,(H,18,19,20). The molecule has 5 heteroatoms. The summed E-state index contributed by atoms with van der Waals surface area (Å²) in [7, 11) is 1.83. The van der Waals surface area contributed by atoms with Gasteiger partial charge in [0.2, 0.25) is 5.88 Å². The van der Waals surface area contributed by atoms with Gasteiger partial charge in [0.25, 0.3) is 0 Å². The Morgan fingerprint density at radius 2 is 1.81 bits per heavy atom. The van der Waals surface area contributed by atoms with Gasteiger partial charge in [0.05, 0.1) is 0 Å². The molecule has 0 aliphatic carbocycles. The Balaban J connectivity index is 2.32. The summed E-state index contributed by atoms with van der Waals surface area (Å²) in [4.78, 5) is 8.85. The van der Waals surface area contributed by atoms with Crippen LogP contribution in [-0.2, 0) is 6.42 Å². The van der Waals surface area contributed by atoms with Crippen molar-refractivity contribution in [3.63, 3.8) is 0 Å². The molecule has 2 aromatic rings. The largest absolute Gasteiger partial charge is 0.439 e. The predicted octanol–water partition coefficient (Wildman–Crippen LogP) is 4.53. The highest BCUT2D eigenvalue weighted by Gasteiger charge is 2.08. The highest BCUT2D eigenvalue weighted by Crippen LogP contribution is 2.29. The lowest BCUT2D eigenvalue weighted by Crippen LogP contribution is -2.02. The van der Waals surface area contributed by atoms with Crippen molar-refractivity contribution in [2.75, 3.05) is 12.4 Å². The van der Waals surface area contributed by atoms with Crippen LogP contribution >= 0.6 is 11.6 Å². The minimum atomic E-state index is 0.541. The molecule has 0 aliphatic rings. The van der Waals surface area contributed by atoms with Crippen molar-refractivity contribution in [3.05, 3.63) is 40.2 Å². The van der Waals surface area contributed by atoms with Gasteiger partial charge in [-0.3, -0.25) is 0 Å². The van der Waals surface area contributed by atoms with Crippen LogP contribution in [0.5, 0.6) is 11.6 Å². The van der Waals surface area contributed by atoms with Crippen LogP contribution in [0.2, 0.25) is 5.02 Å². The maximum atomic E-state index is 6.18. The average molecular weight is 306 g/mol. The summed E-state index contributed by atoms with van der Waals surface area (Å²) in [5, 5.41) is 3.80. The highest BCUT2D eigenvalue weighted by atomic mass is 35.5. The molecule has 0 amide bonds. The van der Waals surface area contributed by atoms with Crippen LogP contribution in [0, 0.1) is 13.8 Å². The van der Waals surface area contributed by atoms with Gasteiger partial charge in [-0.15, -0.1) is 0 Å². The number of hydrogen-bond donors (Lipinski definition) is 1. The van der Waals surface area contributed by atoms with E-state index in [-0.39, 0.29) is 0 Å². The number of halogens is 1. The molecule has 21 heavy (non-hydrogen) atoms. The van der Waals surface area contributed by atoms with Crippen LogP contribution in [0.15, 0.2) is 18.2 Å². The van der Waals surface area contributed by atoms with E-state index in [9.17, 15) is 0 Å². The van der Waals surface area contributed by atoms with Crippen molar-refractivity contribution in [3.8, 4) is 11.6 Å². The second-order valence-electron chi connectivity index (χ2n) is 4.98. The molecular formula is C16H20ClN3O. The van der Waals surface area contributed by atoms with Crippen LogP contribution in [-0.4, -0.2) is 17.0 Å². The molecule has 112 valence electrons. The van der Waals surface area contributed by atoms with Crippen molar-refractivity contribution >= 4 is 17.4 Å². The minimum Gasteiger partial charge on any atom is -0.439 e. The fourth-order valence-electron chi connectivity index (χ4n) is 2.07. The van der Waals surface area contributed by atoms with E-state index in [0.717, 1.165) is 46.4 Å². The van der Waals surface area contributed by atoms with E-state index < -0.39 is 0 Å². The number of nitrogens with one attached hydrogen (secondary N) is 1. The number of aryl methyl sites for hydroxylation is 3. The predicted molar refractivity (Wildman–Crippen MR) is 86.6 cm³/mol. The van der Waals surface area contributed by atoms with Crippen LogP contribution in [0.4, 0.5) is 5.82 Å². The first-order valence-corrected chi connectivity index (χ1v) is 7.41. The van der Waals surface area contributed by atoms with E-state index in [1.165, 1.54) is 0 Å². The van der Waals surface area contributed by atoms with Crippen LogP contribution in [0.1, 0.15) is 30.3 Å². The van der Waals surface area contributed by atoms with Gasteiger partial charge in [0, 0.05) is 24.6 Å². The summed E-state index contributed by atoms with van der Waals surface area (Å²) in [6, 6.07) is 5.62. The zero-order chi connectivity index (χ0) is 15.4. The lowest BCUT2D eigenvalue weighted by atomic mass is 10.1. The molecule has 0 radical (unpaired) electrons. The zero-order valence-electron chi connectivity index (χ0n) is 12.8. The van der Waals surface area contributed by atoms with Crippen molar-refractivity contribution in [2.45, 2.75) is 33.6 Å². The molecule has 2 rings (SSSR count). The lowest BCUT2D eigenvalue weighted by Gasteiger charge is -2.11. The van der Waals surface area contributed by atoms with E-state index in [2.05, 4.69) is 22.2 Å². The Bertz CT molecular complexity index is 620. The SMILES string of the molecule is CCCc1nc(NC)cc(Oc2cc(C)c(Cl)c(C)c2)n1. The molecule has 0 bridgehead atoms. The number of nitrogens with zero attached hydrogens (tertiary/aromatic N) is 2. The van der Waals surface area contributed by atoms with Crippen LogP contribution in [0.3, 0.4) is 0 Å². The van der Waals surface area contributed by atoms with Gasteiger partial charge < -0.3 is 10.1 Å². The number of benzene rings is 1. The van der Waals surface area contributed by atoms with Gasteiger partial charge in [0.15, 0.2) is 0 Å². The molecular weight excluding hydrogens is 286 g/mol. The maximum absolute atomic E-state index is 6.18. The summed E-state index contributed by atoms with van der Waals surface area (Å²) in [5.41, 5.74) is 1.98. The van der Waals surface area contributed by atoms with E-state index in [0.29, 0.717) is 5.88 Å². The molecule has 1 aromatic heterocycles. The van der Waals surface area contributed by atoms with Gasteiger partial charge in [0.1, 0.15) is 17.4 Å². The Labute approximate surface area is 130 Å². The summed E-state index contributed by atoms with van der Waals surface area (Å²) in [6.07, 6.45) is 1.82. The molecule has 0 aliphatic heterocycles. The van der Waals surface area contributed by atoms with Gasteiger partial charge >= 0.3 is 0 Å². The van der Waals surface area contributed by atoms with Gasteiger partial charge in [-0.2, -0.15) is 4.98 Å². The van der Waals surface area contributed by atoms with E-state index in [1.54, 1.807) is 6.07 Å². The van der Waals surface area contributed by atoms with Crippen molar-refractivity contribution < 1.29 is 4.74 Å². The number of hydrogen-bond acceptors (Lipinski definition) is 4. The Kier molecular flexibility index (Phi) is 5.02. The van der Waals surface area contributed by atoms with Crippen molar-refractivity contribution in [1.82, 2.24) is 9.97 Å². The monoisotopic (exact) mass is 305 g/mol. The quantitative estimate of drug-likeness (QED) is 0.881. The molecule has 0 saturated carbocycles. The van der Waals surface area contributed by atoms with Crippen molar-refractivity contribution in [1.29, 1.82) is 0 Å². The number of anilines is 1. The van der Waals surface area contributed by atoms with E-state index >= 15 is 0 Å².